The monoisotopic (exact) mass is 320 g/mol. The van der Waals surface area contributed by atoms with E-state index in [-0.39, 0.29) is 30.2 Å². The Hall–Kier alpha value is -1.43. The molecule has 4 atom stereocenters. The van der Waals surface area contributed by atoms with Gasteiger partial charge >= 0.3 is 5.97 Å². The first-order valence-corrected chi connectivity index (χ1v) is 8.09. The van der Waals surface area contributed by atoms with Crippen LogP contribution in [0.1, 0.15) is 32.8 Å². The molecule has 1 heterocycles. The van der Waals surface area contributed by atoms with Gasteiger partial charge in [0.1, 0.15) is 6.10 Å². The highest BCUT2D eigenvalue weighted by molar-refractivity contribution is 5.66. The smallest absolute Gasteiger partial charge is 0.302 e. The van der Waals surface area contributed by atoms with Crippen LogP contribution in [0.15, 0.2) is 30.3 Å². The predicted octanol–water partition coefficient (Wildman–Crippen LogP) is 2.67. The predicted molar refractivity (Wildman–Crippen MR) is 83.6 cm³/mol. The van der Waals surface area contributed by atoms with Crippen LogP contribution in [-0.2, 0) is 30.3 Å². The zero-order valence-corrected chi connectivity index (χ0v) is 13.9. The van der Waals surface area contributed by atoms with Crippen molar-refractivity contribution in [1.29, 1.82) is 0 Å². The van der Waals surface area contributed by atoms with Crippen LogP contribution in [-0.4, -0.2) is 36.7 Å². The van der Waals surface area contributed by atoms with E-state index in [4.69, 9.17) is 18.9 Å². The second-order valence-electron chi connectivity index (χ2n) is 6.69. The highest BCUT2D eigenvalue weighted by atomic mass is 16.8. The van der Waals surface area contributed by atoms with E-state index < -0.39 is 5.79 Å². The third-order valence-electron chi connectivity index (χ3n) is 4.32. The molecule has 23 heavy (non-hydrogen) atoms. The van der Waals surface area contributed by atoms with Crippen molar-refractivity contribution in [1.82, 2.24) is 0 Å². The van der Waals surface area contributed by atoms with Gasteiger partial charge in [-0.3, -0.25) is 4.79 Å². The average Bonchev–Trinajstić information content (AvgIpc) is 2.92. The standard InChI is InChI=1S/C18H24O5/c1-12(19)21-15-9-16-17(23-18(2,3)22-16)14(15)11-20-10-13-7-5-4-6-8-13/h4-8,14-17H,9-11H2,1-3H3/t14-,15+,16-,17+/m0/s1. The lowest BCUT2D eigenvalue weighted by Gasteiger charge is -2.26. The topological polar surface area (TPSA) is 54.0 Å². The molecule has 1 aromatic carbocycles. The molecular weight excluding hydrogens is 296 g/mol. The molecule has 126 valence electrons. The van der Waals surface area contributed by atoms with Crippen molar-refractivity contribution in [2.24, 2.45) is 5.92 Å². The van der Waals surface area contributed by atoms with Crippen LogP contribution in [0.2, 0.25) is 0 Å². The highest BCUT2D eigenvalue weighted by Crippen LogP contribution is 2.43. The third-order valence-corrected chi connectivity index (χ3v) is 4.32. The number of hydrogen-bond acceptors (Lipinski definition) is 5. The molecule has 0 spiro atoms. The molecule has 0 bridgehead atoms. The maximum Gasteiger partial charge on any atom is 0.302 e. The van der Waals surface area contributed by atoms with E-state index in [9.17, 15) is 4.79 Å². The van der Waals surface area contributed by atoms with Crippen LogP contribution in [0.5, 0.6) is 0 Å². The van der Waals surface area contributed by atoms with E-state index in [0.29, 0.717) is 19.6 Å². The summed E-state index contributed by atoms with van der Waals surface area (Å²) in [5.74, 6) is -0.870. The Bertz CT molecular complexity index is 542. The molecule has 1 aliphatic carbocycles. The van der Waals surface area contributed by atoms with E-state index in [1.54, 1.807) is 0 Å². The van der Waals surface area contributed by atoms with Gasteiger partial charge in [0.15, 0.2) is 5.79 Å². The summed E-state index contributed by atoms with van der Waals surface area (Å²) < 4.78 is 23.2. The van der Waals surface area contributed by atoms with Crippen LogP contribution in [0.3, 0.4) is 0 Å². The van der Waals surface area contributed by atoms with Crippen LogP contribution in [0.25, 0.3) is 0 Å². The zero-order chi connectivity index (χ0) is 16.4. The number of carbonyl (C=O) groups excluding carboxylic acids is 1. The lowest BCUT2D eigenvalue weighted by Crippen LogP contribution is -2.34. The third kappa shape index (κ3) is 3.91. The minimum absolute atomic E-state index is 0.00520. The molecule has 1 saturated heterocycles. The molecule has 0 N–H and O–H groups in total. The molecule has 1 aliphatic heterocycles. The molecule has 2 aliphatic rings. The average molecular weight is 320 g/mol. The summed E-state index contributed by atoms with van der Waals surface area (Å²) in [6, 6.07) is 10.0. The van der Waals surface area contributed by atoms with Gasteiger partial charge in [-0.15, -0.1) is 0 Å². The largest absolute Gasteiger partial charge is 0.462 e. The molecule has 0 amide bonds. The summed E-state index contributed by atoms with van der Waals surface area (Å²) in [6.07, 6.45) is 0.312. The van der Waals surface area contributed by atoms with Gasteiger partial charge in [0.25, 0.3) is 0 Å². The number of carbonyl (C=O) groups is 1. The number of fused-ring (bicyclic) bond motifs is 1. The van der Waals surface area contributed by atoms with Crippen molar-refractivity contribution >= 4 is 5.97 Å². The highest BCUT2D eigenvalue weighted by Gasteiger charge is 2.54. The Balaban J connectivity index is 1.62. The molecular formula is C18H24O5. The van der Waals surface area contributed by atoms with Gasteiger partial charge in [-0.1, -0.05) is 30.3 Å². The van der Waals surface area contributed by atoms with Gasteiger partial charge in [-0.05, 0) is 19.4 Å². The van der Waals surface area contributed by atoms with Gasteiger partial charge in [-0.25, -0.2) is 0 Å². The molecule has 5 heteroatoms. The summed E-state index contributed by atoms with van der Waals surface area (Å²) in [7, 11) is 0. The first kappa shape index (κ1) is 16.4. The summed E-state index contributed by atoms with van der Waals surface area (Å²) in [5.41, 5.74) is 1.12. The first-order chi connectivity index (χ1) is 10.9. The molecule has 0 unspecified atom stereocenters. The van der Waals surface area contributed by atoms with Crippen LogP contribution in [0.4, 0.5) is 0 Å². The number of esters is 1. The Morgan fingerprint density at radius 1 is 1.26 bits per heavy atom. The quantitative estimate of drug-likeness (QED) is 0.781. The lowest BCUT2D eigenvalue weighted by atomic mass is 10.0. The van der Waals surface area contributed by atoms with Crippen molar-refractivity contribution in [3.8, 4) is 0 Å². The van der Waals surface area contributed by atoms with Gasteiger partial charge < -0.3 is 18.9 Å². The van der Waals surface area contributed by atoms with E-state index >= 15 is 0 Å². The molecule has 1 saturated carbocycles. The zero-order valence-electron chi connectivity index (χ0n) is 13.9. The van der Waals surface area contributed by atoms with Gasteiger partial charge in [0.2, 0.25) is 0 Å². The first-order valence-electron chi connectivity index (χ1n) is 8.09. The number of rotatable bonds is 5. The molecule has 1 aromatic rings. The maximum atomic E-state index is 11.3. The van der Waals surface area contributed by atoms with Gasteiger partial charge in [-0.2, -0.15) is 0 Å². The fourth-order valence-corrected chi connectivity index (χ4v) is 3.46. The van der Waals surface area contributed by atoms with Crippen molar-refractivity contribution in [2.45, 2.75) is 57.9 Å². The lowest BCUT2D eigenvalue weighted by molar-refractivity contribution is -0.176. The summed E-state index contributed by atoms with van der Waals surface area (Å²) in [4.78, 5) is 11.3. The normalized spacial score (nSPS) is 31.8. The maximum absolute atomic E-state index is 11.3. The molecule has 3 rings (SSSR count). The van der Waals surface area contributed by atoms with Gasteiger partial charge in [0.05, 0.1) is 25.4 Å². The number of benzene rings is 1. The van der Waals surface area contributed by atoms with E-state index in [2.05, 4.69) is 0 Å². The Labute approximate surface area is 136 Å². The fraction of sp³-hybridized carbons (Fsp3) is 0.611. The SMILES string of the molecule is CC(=O)O[C@@H]1C[C@@H]2OC(C)(C)O[C@@H]2[C@H]1COCc1ccccc1. The van der Waals surface area contributed by atoms with Crippen LogP contribution in [0, 0.1) is 5.92 Å². The van der Waals surface area contributed by atoms with Crippen LogP contribution < -0.4 is 0 Å². The molecule has 2 fully saturated rings. The van der Waals surface area contributed by atoms with E-state index in [1.165, 1.54) is 6.92 Å². The van der Waals surface area contributed by atoms with Crippen molar-refractivity contribution in [2.75, 3.05) is 6.61 Å². The Kier molecular flexibility index (Phi) is 4.71. The van der Waals surface area contributed by atoms with E-state index in [0.717, 1.165) is 5.56 Å². The minimum atomic E-state index is -0.589. The second kappa shape index (κ2) is 6.59. The molecule has 5 nitrogen and oxygen atoms in total. The number of hydrogen-bond donors (Lipinski definition) is 0. The molecule has 0 radical (unpaired) electrons. The Morgan fingerprint density at radius 3 is 2.70 bits per heavy atom. The Morgan fingerprint density at radius 2 is 2.00 bits per heavy atom. The summed E-state index contributed by atoms with van der Waals surface area (Å²) in [5, 5.41) is 0. The van der Waals surface area contributed by atoms with Gasteiger partial charge in [0, 0.05) is 19.3 Å². The van der Waals surface area contributed by atoms with Crippen molar-refractivity contribution < 1.29 is 23.7 Å². The molecule has 0 aromatic heterocycles. The summed E-state index contributed by atoms with van der Waals surface area (Å²) in [6.45, 7) is 6.27. The second-order valence-corrected chi connectivity index (χ2v) is 6.69. The van der Waals surface area contributed by atoms with Crippen molar-refractivity contribution in [3.05, 3.63) is 35.9 Å². The minimum Gasteiger partial charge on any atom is -0.462 e. The fourth-order valence-electron chi connectivity index (χ4n) is 3.46. The van der Waals surface area contributed by atoms with Crippen LogP contribution >= 0.6 is 0 Å². The van der Waals surface area contributed by atoms with E-state index in [1.807, 2.05) is 44.2 Å². The number of ether oxygens (including phenoxy) is 4. The summed E-state index contributed by atoms with van der Waals surface area (Å²) >= 11 is 0. The van der Waals surface area contributed by atoms with Crippen molar-refractivity contribution in [3.63, 3.8) is 0 Å².